The second-order valence-electron chi connectivity index (χ2n) is 8.35. The molecule has 0 N–H and O–H groups in total. The molecule has 0 radical (unpaired) electrons. The highest BCUT2D eigenvalue weighted by Crippen LogP contribution is 2.55. The maximum absolute atomic E-state index is 11.5. The Morgan fingerprint density at radius 3 is 2.14 bits per heavy atom. The zero-order valence-corrected chi connectivity index (χ0v) is 17.0. The van der Waals surface area contributed by atoms with E-state index in [2.05, 4.69) is 36.9 Å². The van der Waals surface area contributed by atoms with Crippen molar-refractivity contribution in [1.82, 2.24) is 0 Å². The van der Waals surface area contributed by atoms with Gasteiger partial charge in [0.25, 0.3) is 5.69 Å². The lowest BCUT2D eigenvalue weighted by Crippen LogP contribution is -2.30. The average Bonchev–Trinajstić information content (AvgIpc) is 2.98. The molecule has 4 rings (SSSR count). The van der Waals surface area contributed by atoms with Gasteiger partial charge in [-0.1, -0.05) is 32.8 Å². The summed E-state index contributed by atoms with van der Waals surface area (Å²) in [6.45, 7) is 6.71. The second kappa shape index (κ2) is 7.57. The first-order valence-corrected chi connectivity index (χ1v) is 10.8. The number of hydrogen-bond acceptors (Lipinski definition) is 3. The Kier molecular flexibility index (Phi) is 5.13. The second-order valence-corrected chi connectivity index (χ2v) is 8.35. The van der Waals surface area contributed by atoms with Crippen molar-refractivity contribution in [2.75, 3.05) is 18.0 Å². The van der Waals surface area contributed by atoms with Gasteiger partial charge in [0.2, 0.25) is 0 Å². The minimum Gasteiger partial charge on any atom is -0.372 e. The summed E-state index contributed by atoms with van der Waals surface area (Å²) in [6, 6.07) is 12.4. The molecule has 28 heavy (non-hydrogen) atoms. The van der Waals surface area contributed by atoms with Crippen LogP contribution in [0.1, 0.15) is 69.9 Å². The standard InChI is InChI=1S/C24H30N2O2/c1-3-12-24(13-4-2)22-16-18(25-14-6-5-7-15-25)8-10-20(22)21-11-9-19(26(27)28)17-23(21)24/h8-11,16-17H,3-7,12-15H2,1-2H3. The molecular weight excluding hydrogens is 348 g/mol. The molecule has 0 atom stereocenters. The lowest BCUT2D eigenvalue weighted by Gasteiger charge is -2.34. The third-order valence-corrected chi connectivity index (χ3v) is 6.61. The summed E-state index contributed by atoms with van der Waals surface area (Å²) < 4.78 is 0. The van der Waals surface area contributed by atoms with Gasteiger partial charge >= 0.3 is 0 Å². The summed E-state index contributed by atoms with van der Waals surface area (Å²) in [5.41, 5.74) is 6.43. The van der Waals surface area contributed by atoms with Crippen LogP contribution >= 0.6 is 0 Å². The minimum absolute atomic E-state index is 0.105. The molecule has 1 fully saturated rings. The highest BCUT2D eigenvalue weighted by Gasteiger charge is 2.43. The van der Waals surface area contributed by atoms with Gasteiger partial charge in [0.15, 0.2) is 0 Å². The molecule has 0 amide bonds. The summed E-state index contributed by atoms with van der Waals surface area (Å²) in [7, 11) is 0. The molecule has 2 aromatic rings. The van der Waals surface area contributed by atoms with Crippen LogP contribution in [0.5, 0.6) is 0 Å². The van der Waals surface area contributed by atoms with Crippen molar-refractivity contribution in [3.63, 3.8) is 0 Å². The summed E-state index contributed by atoms with van der Waals surface area (Å²) in [6.07, 6.45) is 8.05. The summed E-state index contributed by atoms with van der Waals surface area (Å²) in [5.74, 6) is 0. The number of hydrogen-bond donors (Lipinski definition) is 0. The van der Waals surface area contributed by atoms with Crippen LogP contribution in [-0.2, 0) is 5.41 Å². The van der Waals surface area contributed by atoms with Crippen molar-refractivity contribution in [3.05, 3.63) is 57.6 Å². The molecule has 0 spiro atoms. The van der Waals surface area contributed by atoms with E-state index < -0.39 is 0 Å². The van der Waals surface area contributed by atoms with Crippen molar-refractivity contribution in [3.8, 4) is 11.1 Å². The van der Waals surface area contributed by atoms with Gasteiger partial charge in [0, 0.05) is 36.3 Å². The number of nitro groups is 1. The van der Waals surface area contributed by atoms with E-state index in [9.17, 15) is 10.1 Å². The Hall–Kier alpha value is -2.36. The Labute approximate surface area is 167 Å². The molecule has 1 heterocycles. The van der Waals surface area contributed by atoms with Crippen LogP contribution in [-0.4, -0.2) is 18.0 Å². The van der Waals surface area contributed by atoms with E-state index in [1.165, 1.54) is 41.6 Å². The maximum atomic E-state index is 11.5. The van der Waals surface area contributed by atoms with E-state index in [1.807, 2.05) is 12.1 Å². The number of fused-ring (bicyclic) bond motifs is 3. The maximum Gasteiger partial charge on any atom is 0.269 e. The van der Waals surface area contributed by atoms with Crippen LogP contribution < -0.4 is 4.90 Å². The lowest BCUT2D eigenvalue weighted by molar-refractivity contribution is -0.384. The van der Waals surface area contributed by atoms with Gasteiger partial charge in [0.05, 0.1) is 4.92 Å². The van der Waals surface area contributed by atoms with Gasteiger partial charge in [-0.05, 0) is 72.6 Å². The molecule has 2 aromatic carbocycles. The number of non-ortho nitro benzene ring substituents is 1. The molecule has 0 bridgehead atoms. The van der Waals surface area contributed by atoms with Gasteiger partial charge in [0.1, 0.15) is 0 Å². The van der Waals surface area contributed by atoms with E-state index in [4.69, 9.17) is 0 Å². The van der Waals surface area contributed by atoms with Crippen molar-refractivity contribution in [2.24, 2.45) is 0 Å². The van der Waals surface area contributed by atoms with Crippen LogP contribution in [0.3, 0.4) is 0 Å². The SMILES string of the molecule is CCCC1(CCC)c2cc(N3CCCCC3)ccc2-c2ccc([N+](=O)[O-])cc21. The van der Waals surface area contributed by atoms with Gasteiger partial charge in [-0.2, -0.15) is 0 Å². The predicted octanol–water partition coefficient (Wildman–Crippen LogP) is 6.45. The molecule has 2 aliphatic rings. The van der Waals surface area contributed by atoms with Crippen molar-refractivity contribution in [1.29, 1.82) is 0 Å². The van der Waals surface area contributed by atoms with Crippen LogP contribution in [0.15, 0.2) is 36.4 Å². The number of rotatable bonds is 6. The average molecular weight is 379 g/mol. The molecule has 4 nitrogen and oxygen atoms in total. The highest BCUT2D eigenvalue weighted by molar-refractivity contribution is 5.83. The van der Waals surface area contributed by atoms with Crippen LogP contribution in [0, 0.1) is 10.1 Å². The first kappa shape index (κ1) is 19.0. The topological polar surface area (TPSA) is 46.4 Å². The fourth-order valence-corrected chi connectivity index (χ4v) is 5.45. The molecule has 1 aliphatic carbocycles. The molecule has 0 saturated carbocycles. The molecule has 0 unspecified atom stereocenters. The smallest absolute Gasteiger partial charge is 0.269 e. The van der Waals surface area contributed by atoms with E-state index in [-0.39, 0.29) is 16.0 Å². The number of nitro benzene ring substituents is 1. The first-order chi connectivity index (χ1) is 13.6. The Bertz CT molecular complexity index is 878. The Morgan fingerprint density at radius 1 is 0.929 bits per heavy atom. The molecule has 4 heteroatoms. The van der Waals surface area contributed by atoms with E-state index in [1.54, 1.807) is 6.07 Å². The predicted molar refractivity (Wildman–Crippen MR) is 115 cm³/mol. The fraction of sp³-hybridized carbons (Fsp3) is 0.500. The molecular formula is C24H30N2O2. The number of nitrogens with zero attached hydrogens (tertiary/aromatic N) is 2. The summed E-state index contributed by atoms with van der Waals surface area (Å²) >= 11 is 0. The third-order valence-electron chi connectivity index (χ3n) is 6.61. The quantitative estimate of drug-likeness (QED) is 0.428. The van der Waals surface area contributed by atoms with Crippen LogP contribution in [0.4, 0.5) is 11.4 Å². The van der Waals surface area contributed by atoms with Gasteiger partial charge < -0.3 is 4.90 Å². The number of piperidine rings is 1. The van der Waals surface area contributed by atoms with Gasteiger partial charge in [-0.25, -0.2) is 0 Å². The monoisotopic (exact) mass is 378 g/mol. The molecule has 0 aromatic heterocycles. The molecule has 1 aliphatic heterocycles. The van der Waals surface area contributed by atoms with E-state index >= 15 is 0 Å². The Balaban J connectivity index is 1.89. The normalized spacial score (nSPS) is 17.3. The highest BCUT2D eigenvalue weighted by atomic mass is 16.6. The van der Waals surface area contributed by atoms with Crippen LogP contribution in [0.2, 0.25) is 0 Å². The number of anilines is 1. The molecule has 1 saturated heterocycles. The van der Waals surface area contributed by atoms with Crippen molar-refractivity contribution in [2.45, 2.75) is 64.2 Å². The zero-order valence-electron chi connectivity index (χ0n) is 17.0. The fourth-order valence-electron chi connectivity index (χ4n) is 5.45. The lowest BCUT2D eigenvalue weighted by atomic mass is 9.71. The first-order valence-electron chi connectivity index (χ1n) is 10.8. The Morgan fingerprint density at radius 2 is 1.54 bits per heavy atom. The minimum atomic E-state index is -0.259. The van der Waals surface area contributed by atoms with E-state index in [0.717, 1.165) is 44.3 Å². The number of benzene rings is 2. The van der Waals surface area contributed by atoms with Crippen molar-refractivity contribution >= 4 is 11.4 Å². The third kappa shape index (κ3) is 2.99. The van der Waals surface area contributed by atoms with Crippen molar-refractivity contribution < 1.29 is 4.92 Å². The summed E-state index contributed by atoms with van der Waals surface area (Å²) in [4.78, 5) is 13.7. The van der Waals surface area contributed by atoms with Crippen LogP contribution in [0.25, 0.3) is 11.1 Å². The molecule has 148 valence electrons. The van der Waals surface area contributed by atoms with E-state index in [0.29, 0.717) is 0 Å². The van der Waals surface area contributed by atoms with Gasteiger partial charge in [-0.15, -0.1) is 0 Å². The zero-order chi connectivity index (χ0) is 19.7. The summed E-state index contributed by atoms with van der Waals surface area (Å²) in [5, 5.41) is 11.5. The largest absolute Gasteiger partial charge is 0.372 e. The van der Waals surface area contributed by atoms with Gasteiger partial charge in [-0.3, -0.25) is 10.1 Å².